The van der Waals surface area contributed by atoms with E-state index in [1.807, 2.05) is 22.7 Å². The van der Waals surface area contributed by atoms with Gasteiger partial charge in [0, 0.05) is 36.2 Å². The summed E-state index contributed by atoms with van der Waals surface area (Å²) in [5, 5.41) is 0.396. The molecule has 2 aromatic carbocycles. The number of fused-ring (bicyclic) bond motifs is 1. The zero-order valence-corrected chi connectivity index (χ0v) is 19.6. The summed E-state index contributed by atoms with van der Waals surface area (Å²) >= 11 is 1.86. The number of hydrogen-bond acceptors (Lipinski definition) is 4. The number of carbonyl (C=O) groups excluding carboxylic acids is 1. The number of rotatable bonds is 6. The first-order chi connectivity index (χ1) is 15.1. The predicted octanol–water partition coefficient (Wildman–Crippen LogP) is 4.86. The summed E-state index contributed by atoms with van der Waals surface area (Å²) in [4.78, 5) is 18.9. The molecule has 1 fully saturated rings. The summed E-state index contributed by atoms with van der Waals surface area (Å²) in [5.41, 5.74) is 2.64. The first kappa shape index (κ1) is 22.2. The fourth-order valence-electron chi connectivity index (χ4n) is 4.72. The van der Waals surface area contributed by atoms with Gasteiger partial charge in [0.05, 0.1) is 7.11 Å². The van der Waals surface area contributed by atoms with Gasteiger partial charge < -0.3 is 14.5 Å². The molecular weight excluding hydrogens is 404 g/mol. The Morgan fingerprint density at radius 1 is 1.13 bits per heavy atom. The molecule has 1 amide bonds. The van der Waals surface area contributed by atoms with Crippen molar-refractivity contribution in [3.05, 3.63) is 59.7 Å². The zero-order chi connectivity index (χ0) is 21.6. The van der Waals surface area contributed by atoms with Gasteiger partial charge in [0.1, 0.15) is 5.75 Å². The number of methoxy groups -OCH3 is 1. The van der Waals surface area contributed by atoms with Crippen LogP contribution in [-0.2, 0) is 17.8 Å². The monoisotopic (exact) mass is 438 g/mol. The highest BCUT2D eigenvalue weighted by molar-refractivity contribution is 8.00. The highest BCUT2D eigenvalue weighted by Crippen LogP contribution is 2.34. The average molecular weight is 439 g/mol. The fourth-order valence-corrected chi connectivity index (χ4v) is 5.83. The van der Waals surface area contributed by atoms with E-state index in [0.29, 0.717) is 18.2 Å². The molecular formula is C26H34N2O2S. The Bertz CT molecular complexity index is 865. The number of hydrogen-bond donors (Lipinski definition) is 0. The summed E-state index contributed by atoms with van der Waals surface area (Å²) in [5.74, 6) is 1.90. The van der Waals surface area contributed by atoms with Crippen LogP contribution in [0.3, 0.4) is 0 Å². The zero-order valence-electron chi connectivity index (χ0n) is 18.8. The van der Waals surface area contributed by atoms with Crippen LogP contribution in [0.15, 0.2) is 53.4 Å². The van der Waals surface area contributed by atoms with Crippen molar-refractivity contribution in [1.29, 1.82) is 0 Å². The van der Waals surface area contributed by atoms with E-state index in [2.05, 4.69) is 54.3 Å². The van der Waals surface area contributed by atoms with E-state index in [0.717, 1.165) is 37.8 Å². The number of nitrogens with zero attached hydrogens (tertiary/aromatic N) is 2. The Kier molecular flexibility index (Phi) is 7.57. The molecule has 0 unspecified atom stereocenters. The molecule has 0 aliphatic carbocycles. The maximum absolute atomic E-state index is 13.1. The van der Waals surface area contributed by atoms with Crippen molar-refractivity contribution < 1.29 is 9.53 Å². The van der Waals surface area contributed by atoms with Crippen molar-refractivity contribution in [3.8, 4) is 5.75 Å². The first-order valence-corrected chi connectivity index (χ1v) is 12.4. The van der Waals surface area contributed by atoms with Gasteiger partial charge in [-0.1, -0.05) is 37.3 Å². The predicted molar refractivity (Wildman–Crippen MR) is 128 cm³/mol. The van der Waals surface area contributed by atoms with E-state index >= 15 is 0 Å². The van der Waals surface area contributed by atoms with Gasteiger partial charge in [0.2, 0.25) is 5.91 Å². The maximum atomic E-state index is 13.1. The van der Waals surface area contributed by atoms with Gasteiger partial charge in [-0.3, -0.25) is 4.79 Å². The summed E-state index contributed by atoms with van der Waals surface area (Å²) in [6, 6.07) is 17.0. The van der Waals surface area contributed by atoms with Gasteiger partial charge in [0.15, 0.2) is 0 Å². The molecule has 166 valence electrons. The lowest BCUT2D eigenvalue weighted by atomic mass is 9.90. The lowest BCUT2D eigenvalue weighted by Crippen LogP contribution is -2.39. The van der Waals surface area contributed by atoms with Crippen LogP contribution in [0.25, 0.3) is 0 Å². The molecule has 0 aromatic heterocycles. The molecule has 1 saturated heterocycles. The Morgan fingerprint density at radius 2 is 1.90 bits per heavy atom. The van der Waals surface area contributed by atoms with E-state index in [9.17, 15) is 4.79 Å². The molecule has 31 heavy (non-hydrogen) atoms. The van der Waals surface area contributed by atoms with Crippen molar-refractivity contribution in [1.82, 2.24) is 9.80 Å². The van der Waals surface area contributed by atoms with Crippen LogP contribution in [0.4, 0.5) is 0 Å². The van der Waals surface area contributed by atoms with Crippen LogP contribution in [0.1, 0.15) is 37.3 Å². The maximum Gasteiger partial charge on any atom is 0.224 e. The number of benzene rings is 2. The Hall–Kier alpha value is -1.98. The quantitative estimate of drug-likeness (QED) is 0.645. The minimum absolute atomic E-state index is 0.273. The van der Waals surface area contributed by atoms with E-state index in [-0.39, 0.29) is 5.91 Å². The van der Waals surface area contributed by atoms with E-state index < -0.39 is 0 Å². The molecule has 4 nitrogen and oxygen atoms in total. The Labute approximate surface area is 191 Å². The van der Waals surface area contributed by atoms with Crippen LogP contribution >= 0.6 is 11.8 Å². The molecule has 0 bridgehead atoms. The third kappa shape index (κ3) is 6.05. The fraction of sp³-hybridized carbons (Fsp3) is 0.500. The Balaban J connectivity index is 1.26. The topological polar surface area (TPSA) is 32.8 Å². The number of piperidine rings is 1. The lowest BCUT2D eigenvalue weighted by Gasteiger charge is -2.32. The molecule has 2 heterocycles. The van der Waals surface area contributed by atoms with E-state index in [1.165, 1.54) is 35.3 Å². The third-order valence-electron chi connectivity index (χ3n) is 6.50. The van der Waals surface area contributed by atoms with Crippen LogP contribution in [0.2, 0.25) is 0 Å². The van der Waals surface area contributed by atoms with Crippen molar-refractivity contribution in [2.24, 2.45) is 5.92 Å². The smallest absolute Gasteiger partial charge is 0.224 e. The molecule has 1 atom stereocenters. The first-order valence-electron chi connectivity index (χ1n) is 11.5. The lowest BCUT2D eigenvalue weighted by molar-refractivity contribution is -0.132. The summed E-state index contributed by atoms with van der Waals surface area (Å²) in [6.07, 6.45) is 4.25. The minimum Gasteiger partial charge on any atom is -0.497 e. The molecule has 0 radical (unpaired) electrons. The molecule has 5 heteroatoms. The Morgan fingerprint density at radius 3 is 2.65 bits per heavy atom. The largest absolute Gasteiger partial charge is 0.497 e. The second-order valence-corrected chi connectivity index (χ2v) is 10.4. The summed E-state index contributed by atoms with van der Waals surface area (Å²) < 4.78 is 5.40. The van der Waals surface area contributed by atoms with Crippen molar-refractivity contribution in [2.75, 3.05) is 33.3 Å². The number of likely N-dealkylation sites (tertiary alicyclic amines) is 1. The number of amides is 1. The summed E-state index contributed by atoms with van der Waals surface area (Å²) in [6.45, 7) is 6.79. The van der Waals surface area contributed by atoms with Crippen molar-refractivity contribution in [3.63, 3.8) is 0 Å². The highest BCUT2D eigenvalue weighted by atomic mass is 32.2. The molecule has 0 N–H and O–H groups in total. The highest BCUT2D eigenvalue weighted by Gasteiger charge is 2.25. The van der Waals surface area contributed by atoms with Crippen LogP contribution in [-0.4, -0.2) is 54.2 Å². The van der Waals surface area contributed by atoms with E-state index in [1.54, 1.807) is 7.11 Å². The summed E-state index contributed by atoms with van der Waals surface area (Å²) in [7, 11) is 1.69. The van der Waals surface area contributed by atoms with Crippen LogP contribution < -0.4 is 4.74 Å². The van der Waals surface area contributed by atoms with Gasteiger partial charge in [-0.15, -0.1) is 11.8 Å². The van der Waals surface area contributed by atoms with Crippen LogP contribution in [0.5, 0.6) is 5.75 Å². The molecule has 0 spiro atoms. The van der Waals surface area contributed by atoms with Gasteiger partial charge >= 0.3 is 0 Å². The van der Waals surface area contributed by atoms with Crippen molar-refractivity contribution >= 4 is 17.7 Å². The SMILES string of the molecule is COc1ccc2c(c1)CN(C(=O)CCN1CCC(Cc3ccccc3)CC1)C[C@@H](C)S2. The average Bonchev–Trinajstić information content (AvgIpc) is 2.96. The number of thioether (sulfide) groups is 1. The normalized spacial score (nSPS) is 20.2. The van der Waals surface area contributed by atoms with Crippen molar-refractivity contribution in [2.45, 2.75) is 49.3 Å². The molecule has 4 rings (SSSR count). The standard InChI is InChI=1S/C26H34N2O2S/c1-20-18-28(19-23-17-24(30-2)8-9-25(23)31-20)26(29)12-15-27-13-10-22(11-14-27)16-21-6-4-3-5-7-21/h3-9,17,20,22H,10-16,18-19H2,1-2H3/t20-/m1/s1. The molecule has 2 aliphatic rings. The van der Waals surface area contributed by atoms with Gasteiger partial charge in [-0.2, -0.15) is 0 Å². The van der Waals surface area contributed by atoms with E-state index in [4.69, 9.17) is 4.74 Å². The van der Waals surface area contributed by atoms with Gasteiger partial charge in [0.25, 0.3) is 0 Å². The molecule has 2 aliphatic heterocycles. The van der Waals surface area contributed by atoms with Crippen LogP contribution in [0, 0.1) is 5.92 Å². The second kappa shape index (κ2) is 10.6. The number of ether oxygens (including phenoxy) is 1. The van der Waals surface area contributed by atoms with Gasteiger partial charge in [-0.25, -0.2) is 0 Å². The van der Waals surface area contributed by atoms with Gasteiger partial charge in [-0.05, 0) is 67.6 Å². The molecule has 2 aromatic rings. The second-order valence-electron chi connectivity index (χ2n) is 8.90. The minimum atomic E-state index is 0.273. The third-order valence-corrected chi connectivity index (χ3v) is 7.71. The molecule has 0 saturated carbocycles. The number of carbonyl (C=O) groups is 1.